The van der Waals surface area contributed by atoms with E-state index in [1.54, 1.807) is 25.3 Å². The summed E-state index contributed by atoms with van der Waals surface area (Å²) in [6.45, 7) is 6.16. The molecule has 3 atom stereocenters. The highest BCUT2D eigenvalue weighted by atomic mass is 16.5. The summed E-state index contributed by atoms with van der Waals surface area (Å²) in [6, 6.07) is 7.32. The van der Waals surface area contributed by atoms with Gasteiger partial charge in [-0.1, -0.05) is 20.3 Å². The third-order valence-electron chi connectivity index (χ3n) is 5.03. The maximum absolute atomic E-state index is 12.9. The highest BCUT2D eigenvalue weighted by Crippen LogP contribution is 2.36. The van der Waals surface area contributed by atoms with Crippen molar-refractivity contribution in [2.45, 2.75) is 64.6 Å². The second-order valence-corrected chi connectivity index (χ2v) is 7.01. The van der Waals surface area contributed by atoms with E-state index >= 15 is 0 Å². The van der Waals surface area contributed by atoms with E-state index in [1.165, 1.54) is 0 Å². The van der Waals surface area contributed by atoms with Crippen LogP contribution in [-0.4, -0.2) is 24.7 Å². The molecule has 1 aliphatic carbocycles. The molecule has 5 heteroatoms. The first-order chi connectivity index (χ1) is 11.9. The van der Waals surface area contributed by atoms with Crippen LogP contribution in [-0.2, 0) is 9.53 Å². The number of nitrogens with one attached hydrogen (secondary N) is 1. The number of methoxy groups -OCH3 is 1. The quantitative estimate of drug-likeness (QED) is 0.836. The number of hydrogen-bond donors (Lipinski definition) is 1. The summed E-state index contributed by atoms with van der Waals surface area (Å²) in [4.78, 5) is 12.9. The molecule has 25 heavy (non-hydrogen) atoms. The molecule has 1 aromatic carbocycles. The number of nitriles is 1. The van der Waals surface area contributed by atoms with E-state index in [1.807, 2.05) is 13.8 Å². The maximum Gasteiger partial charge on any atom is 0.256 e. The first-order valence-electron chi connectivity index (χ1n) is 9.01. The van der Waals surface area contributed by atoms with Crippen LogP contribution in [0.25, 0.3) is 0 Å². The zero-order valence-electron chi connectivity index (χ0n) is 15.6. The van der Waals surface area contributed by atoms with E-state index in [-0.39, 0.29) is 12.0 Å². The Morgan fingerprint density at radius 3 is 2.88 bits per heavy atom. The fourth-order valence-electron chi connectivity index (χ4n) is 3.34. The summed E-state index contributed by atoms with van der Waals surface area (Å²) in [6.07, 6.45) is 4.45. The van der Waals surface area contributed by atoms with Crippen molar-refractivity contribution in [2.24, 2.45) is 5.92 Å². The molecular formula is C20H28N2O3. The summed E-state index contributed by atoms with van der Waals surface area (Å²) in [5, 5.41) is 12.3. The molecule has 0 saturated heterocycles. The van der Waals surface area contributed by atoms with Gasteiger partial charge in [-0.2, -0.15) is 5.26 Å². The van der Waals surface area contributed by atoms with Crippen molar-refractivity contribution in [3.8, 4) is 11.8 Å². The number of benzene rings is 1. The molecule has 1 aromatic rings. The Bertz CT molecular complexity index is 653. The Morgan fingerprint density at radius 2 is 2.28 bits per heavy atom. The van der Waals surface area contributed by atoms with E-state index in [0.717, 1.165) is 19.3 Å². The number of anilines is 1. The lowest BCUT2D eigenvalue weighted by atomic mass is 9.78. The van der Waals surface area contributed by atoms with Gasteiger partial charge in [0.1, 0.15) is 17.4 Å². The molecule has 5 nitrogen and oxygen atoms in total. The number of amides is 1. The molecule has 0 radical (unpaired) electrons. The fraction of sp³-hybridized carbons (Fsp3) is 0.600. The molecule has 1 fully saturated rings. The first-order valence-corrected chi connectivity index (χ1v) is 9.01. The molecule has 1 amide bonds. The minimum absolute atomic E-state index is 0.0764. The van der Waals surface area contributed by atoms with Crippen molar-refractivity contribution in [3.63, 3.8) is 0 Å². The van der Waals surface area contributed by atoms with Gasteiger partial charge in [0.2, 0.25) is 0 Å². The summed E-state index contributed by atoms with van der Waals surface area (Å²) in [7, 11) is 1.59. The fourth-order valence-corrected chi connectivity index (χ4v) is 3.34. The molecule has 0 heterocycles. The lowest BCUT2D eigenvalue weighted by Crippen LogP contribution is -2.48. The number of nitrogens with zero attached hydrogens (tertiary/aromatic N) is 1. The zero-order chi connectivity index (χ0) is 18.4. The van der Waals surface area contributed by atoms with Crippen LogP contribution in [0.3, 0.4) is 0 Å². The van der Waals surface area contributed by atoms with Crippen molar-refractivity contribution < 1.29 is 14.3 Å². The third kappa shape index (κ3) is 4.52. The van der Waals surface area contributed by atoms with Crippen molar-refractivity contribution in [3.05, 3.63) is 23.8 Å². The molecule has 2 rings (SSSR count). The van der Waals surface area contributed by atoms with Crippen molar-refractivity contribution in [1.29, 1.82) is 5.26 Å². The zero-order valence-corrected chi connectivity index (χ0v) is 15.6. The summed E-state index contributed by atoms with van der Waals surface area (Å²) in [5.41, 5.74) is 0.0824. The van der Waals surface area contributed by atoms with E-state index < -0.39 is 5.60 Å². The largest absolute Gasteiger partial charge is 0.491 e. The van der Waals surface area contributed by atoms with Gasteiger partial charge >= 0.3 is 0 Å². The Hall–Kier alpha value is -2.06. The first kappa shape index (κ1) is 19.3. The molecule has 0 aromatic heterocycles. The molecule has 0 bridgehead atoms. The highest BCUT2D eigenvalue weighted by molar-refractivity contribution is 5.98. The van der Waals surface area contributed by atoms with E-state index in [4.69, 9.17) is 9.47 Å². The lowest BCUT2D eigenvalue weighted by Gasteiger charge is -2.37. The molecule has 0 unspecified atom stereocenters. The lowest BCUT2D eigenvalue weighted by molar-refractivity contribution is -0.143. The highest BCUT2D eigenvalue weighted by Gasteiger charge is 2.42. The van der Waals surface area contributed by atoms with Gasteiger partial charge < -0.3 is 14.8 Å². The number of carbonyl (C=O) groups is 1. The minimum atomic E-state index is -0.809. The van der Waals surface area contributed by atoms with E-state index in [9.17, 15) is 10.1 Å². The SMILES string of the molecule is CC[C@H](C)Oc1ccc(NC(=O)[C@]2(OC)CCC[C@@H](C)C2)c(C#N)c1. The summed E-state index contributed by atoms with van der Waals surface area (Å²) >= 11 is 0. The van der Waals surface area contributed by atoms with Crippen LogP contribution in [0, 0.1) is 17.2 Å². The van der Waals surface area contributed by atoms with Crippen molar-refractivity contribution in [2.75, 3.05) is 12.4 Å². The number of ether oxygens (including phenoxy) is 2. The van der Waals surface area contributed by atoms with Gasteiger partial charge in [-0.05, 0) is 50.7 Å². The van der Waals surface area contributed by atoms with E-state index in [2.05, 4.69) is 18.3 Å². The van der Waals surface area contributed by atoms with Gasteiger partial charge in [0.25, 0.3) is 5.91 Å². The van der Waals surface area contributed by atoms with Gasteiger partial charge in [0.15, 0.2) is 0 Å². The topological polar surface area (TPSA) is 71.3 Å². The van der Waals surface area contributed by atoms with Crippen LogP contribution in [0.4, 0.5) is 5.69 Å². The number of hydrogen-bond acceptors (Lipinski definition) is 4. The summed E-state index contributed by atoms with van der Waals surface area (Å²) in [5.74, 6) is 0.909. The van der Waals surface area contributed by atoms with Gasteiger partial charge in [-0.25, -0.2) is 0 Å². The third-order valence-corrected chi connectivity index (χ3v) is 5.03. The second kappa shape index (κ2) is 8.35. The Kier molecular flexibility index (Phi) is 6.44. The smallest absolute Gasteiger partial charge is 0.256 e. The van der Waals surface area contributed by atoms with Gasteiger partial charge in [-0.15, -0.1) is 0 Å². The van der Waals surface area contributed by atoms with Crippen LogP contribution in [0.2, 0.25) is 0 Å². The standard InChI is InChI=1S/C20H28N2O3/c1-5-15(3)25-17-8-9-18(16(11-17)13-21)22-19(23)20(24-4)10-6-7-14(2)12-20/h8-9,11,14-15H,5-7,10,12H2,1-4H3,(H,22,23)/t14-,15+,20+/m1/s1. The van der Waals surface area contributed by atoms with Gasteiger partial charge in [0.05, 0.1) is 17.4 Å². The number of rotatable bonds is 6. The predicted octanol–water partition coefficient (Wildman–Crippen LogP) is 4.27. The van der Waals surface area contributed by atoms with Crippen LogP contribution >= 0.6 is 0 Å². The second-order valence-electron chi connectivity index (χ2n) is 7.01. The molecule has 0 aliphatic heterocycles. The average molecular weight is 344 g/mol. The summed E-state index contributed by atoms with van der Waals surface area (Å²) < 4.78 is 11.4. The molecule has 136 valence electrons. The molecule has 1 saturated carbocycles. The Morgan fingerprint density at radius 1 is 1.52 bits per heavy atom. The average Bonchev–Trinajstić information content (AvgIpc) is 2.62. The molecule has 1 aliphatic rings. The monoisotopic (exact) mass is 344 g/mol. The minimum Gasteiger partial charge on any atom is -0.491 e. The normalized spacial score (nSPS) is 24.2. The van der Waals surface area contributed by atoms with Crippen LogP contribution in [0.1, 0.15) is 58.4 Å². The van der Waals surface area contributed by atoms with Crippen molar-refractivity contribution >= 4 is 11.6 Å². The van der Waals surface area contributed by atoms with Gasteiger partial charge in [-0.3, -0.25) is 4.79 Å². The molecule has 1 N–H and O–H groups in total. The Balaban J connectivity index is 2.18. The van der Waals surface area contributed by atoms with Crippen LogP contribution in [0.15, 0.2) is 18.2 Å². The van der Waals surface area contributed by atoms with E-state index in [0.29, 0.717) is 35.8 Å². The maximum atomic E-state index is 12.9. The van der Waals surface area contributed by atoms with Gasteiger partial charge in [0, 0.05) is 13.2 Å². The number of carbonyl (C=O) groups excluding carboxylic acids is 1. The Labute approximate surface area is 150 Å². The van der Waals surface area contributed by atoms with Crippen LogP contribution < -0.4 is 10.1 Å². The molecule has 0 spiro atoms. The van der Waals surface area contributed by atoms with Crippen LogP contribution in [0.5, 0.6) is 5.75 Å². The van der Waals surface area contributed by atoms with Crippen molar-refractivity contribution in [1.82, 2.24) is 0 Å². The predicted molar refractivity (Wildman–Crippen MR) is 97.5 cm³/mol. The molecular weight excluding hydrogens is 316 g/mol.